The predicted octanol–water partition coefficient (Wildman–Crippen LogP) is 2.48. The molecule has 0 spiro atoms. The molecule has 0 unspecified atom stereocenters. The van der Waals surface area contributed by atoms with Crippen molar-refractivity contribution in [2.75, 3.05) is 0 Å². The van der Waals surface area contributed by atoms with E-state index in [1.54, 1.807) is 0 Å². The molecule has 11 heavy (non-hydrogen) atoms. The number of nitrogens with zero attached hydrogens (tertiary/aromatic N) is 1. The van der Waals surface area contributed by atoms with Crippen LogP contribution < -0.4 is 0 Å². The van der Waals surface area contributed by atoms with Crippen molar-refractivity contribution in [1.82, 2.24) is 4.98 Å². The van der Waals surface area contributed by atoms with Crippen LogP contribution >= 0.6 is 0 Å². The molecule has 0 radical (unpaired) electrons. The van der Waals surface area contributed by atoms with Crippen LogP contribution in [0.5, 0.6) is 0 Å². The number of halogens is 2. The molecule has 1 aromatic rings. The average molecular weight is 157 g/mol. The summed E-state index contributed by atoms with van der Waals surface area (Å²) in [6.45, 7) is 3.74. The minimum absolute atomic E-state index is 0.127. The van der Waals surface area contributed by atoms with Crippen molar-refractivity contribution in [2.45, 2.75) is 19.8 Å². The summed E-state index contributed by atoms with van der Waals surface area (Å²) in [4.78, 5) is 2.98. The van der Waals surface area contributed by atoms with Gasteiger partial charge in [-0.3, -0.25) is 0 Å². The van der Waals surface area contributed by atoms with E-state index in [0.29, 0.717) is 5.56 Å². The Morgan fingerprint density at radius 3 is 2.00 bits per heavy atom. The highest BCUT2D eigenvalue weighted by atomic mass is 19.1. The molecule has 0 atom stereocenters. The number of hydrogen-bond acceptors (Lipinski definition) is 1. The van der Waals surface area contributed by atoms with Gasteiger partial charge in [0.2, 0.25) is 11.9 Å². The molecular formula is C8H9F2N. The molecule has 0 aliphatic carbocycles. The third-order valence-electron chi connectivity index (χ3n) is 1.45. The second kappa shape index (κ2) is 2.95. The van der Waals surface area contributed by atoms with Crippen LogP contribution in [0.4, 0.5) is 8.78 Å². The monoisotopic (exact) mass is 157 g/mol. The summed E-state index contributed by atoms with van der Waals surface area (Å²) in [6.07, 6.45) is 0. The molecule has 0 aromatic carbocycles. The van der Waals surface area contributed by atoms with Crippen molar-refractivity contribution in [2.24, 2.45) is 0 Å². The minimum atomic E-state index is -0.756. The van der Waals surface area contributed by atoms with Gasteiger partial charge in [0, 0.05) is 0 Å². The fraction of sp³-hybridized carbons (Fsp3) is 0.375. The number of aromatic nitrogens is 1. The zero-order chi connectivity index (χ0) is 8.43. The lowest BCUT2D eigenvalue weighted by molar-refractivity contribution is 0.507. The maximum Gasteiger partial charge on any atom is 0.215 e. The third kappa shape index (κ3) is 1.97. The van der Waals surface area contributed by atoms with Crippen molar-refractivity contribution < 1.29 is 8.78 Å². The van der Waals surface area contributed by atoms with Gasteiger partial charge in [0.1, 0.15) is 0 Å². The Kier molecular flexibility index (Phi) is 2.17. The van der Waals surface area contributed by atoms with Crippen molar-refractivity contribution in [3.05, 3.63) is 29.6 Å². The molecule has 0 amide bonds. The van der Waals surface area contributed by atoms with E-state index in [1.165, 1.54) is 12.1 Å². The number of hydrogen-bond donors (Lipinski definition) is 0. The van der Waals surface area contributed by atoms with E-state index in [2.05, 4.69) is 4.98 Å². The molecular weight excluding hydrogens is 148 g/mol. The lowest BCUT2D eigenvalue weighted by atomic mass is 10.1. The van der Waals surface area contributed by atoms with Gasteiger partial charge in [0.05, 0.1) is 0 Å². The quantitative estimate of drug-likeness (QED) is 0.570. The van der Waals surface area contributed by atoms with Crippen LogP contribution in [0.25, 0.3) is 0 Å². The maximum atomic E-state index is 12.4. The molecule has 1 heterocycles. The first-order chi connectivity index (χ1) is 5.09. The fourth-order valence-electron chi connectivity index (χ4n) is 0.817. The van der Waals surface area contributed by atoms with Crippen molar-refractivity contribution >= 4 is 0 Å². The number of pyridine rings is 1. The second-order valence-electron chi connectivity index (χ2n) is 2.70. The average Bonchev–Trinajstić information content (AvgIpc) is 1.85. The van der Waals surface area contributed by atoms with E-state index in [1.807, 2.05) is 13.8 Å². The van der Waals surface area contributed by atoms with Crippen molar-refractivity contribution in [3.63, 3.8) is 0 Å². The molecule has 1 aromatic heterocycles. The molecule has 60 valence electrons. The highest BCUT2D eigenvalue weighted by Crippen LogP contribution is 2.14. The van der Waals surface area contributed by atoms with E-state index < -0.39 is 11.9 Å². The first kappa shape index (κ1) is 8.11. The van der Waals surface area contributed by atoms with Gasteiger partial charge in [-0.2, -0.15) is 13.8 Å². The summed E-state index contributed by atoms with van der Waals surface area (Å²) in [7, 11) is 0. The van der Waals surface area contributed by atoms with E-state index in [4.69, 9.17) is 0 Å². The Morgan fingerprint density at radius 2 is 1.64 bits per heavy atom. The topological polar surface area (TPSA) is 12.9 Å². The smallest absolute Gasteiger partial charge is 0.191 e. The van der Waals surface area contributed by atoms with E-state index in [9.17, 15) is 8.78 Å². The highest BCUT2D eigenvalue weighted by molar-refractivity contribution is 5.15. The zero-order valence-corrected chi connectivity index (χ0v) is 6.44. The van der Waals surface area contributed by atoms with Crippen LogP contribution in [0.1, 0.15) is 25.3 Å². The number of rotatable bonds is 1. The van der Waals surface area contributed by atoms with Gasteiger partial charge in [-0.1, -0.05) is 13.8 Å². The molecule has 1 nitrogen and oxygen atoms in total. The molecule has 0 fully saturated rings. The summed E-state index contributed by atoms with van der Waals surface area (Å²) in [5.41, 5.74) is 0.634. The molecule has 0 aliphatic heterocycles. The normalized spacial score (nSPS) is 10.6. The summed E-state index contributed by atoms with van der Waals surface area (Å²) < 4.78 is 24.9. The van der Waals surface area contributed by atoms with Gasteiger partial charge in [-0.15, -0.1) is 0 Å². The van der Waals surface area contributed by atoms with E-state index >= 15 is 0 Å². The van der Waals surface area contributed by atoms with Crippen molar-refractivity contribution in [1.29, 1.82) is 0 Å². The van der Waals surface area contributed by atoms with Crippen molar-refractivity contribution in [3.8, 4) is 0 Å². The highest BCUT2D eigenvalue weighted by Gasteiger charge is 2.04. The summed E-state index contributed by atoms with van der Waals surface area (Å²) >= 11 is 0. The lowest BCUT2D eigenvalue weighted by Gasteiger charge is -2.03. The largest absolute Gasteiger partial charge is 0.215 e. The summed E-state index contributed by atoms with van der Waals surface area (Å²) in [5.74, 6) is -1.38. The van der Waals surface area contributed by atoms with Crippen LogP contribution in [0.3, 0.4) is 0 Å². The molecule has 0 N–H and O–H groups in total. The van der Waals surface area contributed by atoms with Gasteiger partial charge < -0.3 is 0 Å². The fourth-order valence-corrected chi connectivity index (χ4v) is 0.817. The maximum absolute atomic E-state index is 12.4. The Labute approximate surface area is 64.1 Å². The Morgan fingerprint density at radius 1 is 1.18 bits per heavy atom. The van der Waals surface area contributed by atoms with Crippen LogP contribution in [-0.4, -0.2) is 4.98 Å². The first-order valence-electron chi connectivity index (χ1n) is 3.42. The lowest BCUT2D eigenvalue weighted by Crippen LogP contribution is -1.94. The van der Waals surface area contributed by atoms with E-state index in [-0.39, 0.29) is 5.92 Å². The predicted molar refractivity (Wildman–Crippen MR) is 38.2 cm³/mol. The third-order valence-corrected chi connectivity index (χ3v) is 1.45. The Balaban J connectivity index is 3.08. The van der Waals surface area contributed by atoms with Gasteiger partial charge >= 0.3 is 0 Å². The Bertz CT molecular complexity index is 238. The van der Waals surface area contributed by atoms with Gasteiger partial charge in [-0.05, 0) is 23.6 Å². The van der Waals surface area contributed by atoms with Crippen LogP contribution in [0.2, 0.25) is 0 Å². The summed E-state index contributed by atoms with van der Waals surface area (Å²) in [6, 6.07) is 2.49. The molecule has 0 aliphatic rings. The SMILES string of the molecule is CC(C)c1cc(F)nc(F)c1. The van der Waals surface area contributed by atoms with Gasteiger partial charge in [0.25, 0.3) is 0 Å². The minimum Gasteiger partial charge on any atom is -0.191 e. The second-order valence-corrected chi connectivity index (χ2v) is 2.70. The van der Waals surface area contributed by atoms with Gasteiger partial charge in [0.15, 0.2) is 0 Å². The van der Waals surface area contributed by atoms with Crippen LogP contribution in [0, 0.1) is 11.9 Å². The molecule has 0 saturated heterocycles. The summed E-state index contributed by atoms with van der Waals surface area (Å²) in [5, 5.41) is 0. The Hall–Kier alpha value is -0.990. The molecule has 0 bridgehead atoms. The standard InChI is InChI=1S/C8H9F2N/c1-5(2)6-3-7(9)11-8(10)4-6/h3-5H,1-2H3. The first-order valence-corrected chi connectivity index (χ1v) is 3.42. The van der Waals surface area contributed by atoms with E-state index in [0.717, 1.165) is 0 Å². The zero-order valence-electron chi connectivity index (χ0n) is 6.44. The van der Waals surface area contributed by atoms with Crippen LogP contribution in [0.15, 0.2) is 12.1 Å². The molecule has 0 saturated carbocycles. The van der Waals surface area contributed by atoms with Crippen LogP contribution in [-0.2, 0) is 0 Å². The molecule has 3 heteroatoms. The van der Waals surface area contributed by atoms with Gasteiger partial charge in [-0.25, -0.2) is 0 Å². The molecule has 1 rings (SSSR count).